The fraction of sp³-hybridized carbons (Fsp3) is 0.877. The van der Waals surface area contributed by atoms with Crippen molar-refractivity contribution in [2.45, 2.75) is 443 Å². The molecule has 87 heavy (non-hydrogen) atoms. The average molecular weight is 1220 g/mol. The number of nitrogens with one attached hydrogen (secondary N) is 1. The van der Waals surface area contributed by atoms with Crippen molar-refractivity contribution in [2.24, 2.45) is 0 Å². The summed E-state index contributed by atoms with van der Waals surface area (Å²) in [6, 6.07) is -0.631. The Bertz CT molecular complexity index is 1450. The van der Waals surface area contributed by atoms with Crippen LogP contribution >= 0.6 is 0 Å². The average Bonchev–Trinajstić information content (AvgIpc) is 3.52. The van der Waals surface area contributed by atoms with E-state index in [2.05, 4.69) is 55.6 Å². The molecule has 6 nitrogen and oxygen atoms in total. The second kappa shape index (κ2) is 76.3. The molecule has 0 aliphatic heterocycles. The van der Waals surface area contributed by atoms with Crippen LogP contribution in [0.15, 0.2) is 48.6 Å². The van der Waals surface area contributed by atoms with Crippen LogP contribution in [0.2, 0.25) is 0 Å². The van der Waals surface area contributed by atoms with Crippen LogP contribution in [0.3, 0.4) is 0 Å². The van der Waals surface area contributed by atoms with Crippen molar-refractivity contribution >= 4 is 11.9 Å². The van der Waals surface area contributed by atoms with Crippen molar-refractivity contribution in [1.82, 2.24) is 5.32 Å². The fourth-order valence-corrected chi connectivity index (χ4v) is 12.3. The molecule has 0 bridgehead atoms. The Morgan fingerprint density at radius 2 is 0.575 bits per heavy atom. The third-order valence-electron chi connectivity index (χ3n) is 18.3. The Morgan fingerprint density at radius 1 is 0.322 bits per heavy atom. The van der Waals surface area contributed by atoms with Gasteiger partial charge in [0.15, 0.2) is 0 Å². The smallest absolute Gasteiger partial charge is 0.305 e. The van der Waals surface area contributed by atoms with Crippen LogP contribution in [0.4, 0.5) is 0 Å². The highest BCUT2D eigenvalue weighted by Gasteiger charge is 2.18. The lowest BCUT2D eigenvalue weighted by Gasteiger charge is -2.20. The van der Waals surface area contributed by atoms with E-state index < -0.39 is 12.1 Å². The molecule has 0 radical (unpaired) electrons. The number of hydrogen-bond acceptors (Lipinski definition) is 5. The van der Waals surface area contributed by atoms with Gasteiger partial charge in [-0.15, -0.1) is 0 Å². The van der Waals surface area contributed by atoms with Crippen molar-refractivity contribution < 1.29 is 24.5 Å². The van der Waals surface area contributed by atoms with Gasteiger partial charge in [-0.25, -0.2) is 0 Å². The number of carbonyl (C=O) groups is 2. The van der Waals surface area contributed by atoms with Crippen molar-refractivity contribution in [3.8, 4) is 0 Å². The monoisotopic (exact) mass is 1220 g/mol. The third-order valence-corrected chi connectivity index (χ3v) is 18.3. The maximum atomic E-state index is 12.6. The molecular weight excluding hydrogens is 1070 g/mol. The highest BCUT2D eigenvalue weighted by molar-refractivity contribution is 5.76. The van der Waals surface area contributed by atoms with Gasteiger partial charge in [0.1, 0.15) is 0 Å². The zero-order chi connectivity index (χ0) is 62.8. The first-order valence-electron chi connectivity index (χ1n) is 39.4. The number of aliphatic hydroxyl groups excluding tert-OH is 2. The van der Waals surface area contributed by atoms with Crippen LogP contribution in [0, 0.1) is 0 Å². The first-order chi connectivity index (χ1) is 43.0. The number of aliphatic hydroxyl groups is 2. The SMILES string of the molecule is CCCCCC/C=C\C/C=C\CCCCCCCCCC(=O)OCCCCCCCCCCCCCC/C=C\CCCCCCCCCCCCCC(=O)NC(CO)C(O)/C=C/CCCCCCCCCCCCCCCCCCCCCCCCC. The number of allylic oxidation sites excluding steroid dienone is 7. The molecule has 0 aromatic rings. The van der Waals surface area contributed by atoms with E-state index in [0.29, 0.717) is 19.4 Å². The molecule has 0 heterocycles. The molecule has 0 aliphatic carbocycles. The number of hydrogen-bond donors (Lipinski definition) is 3. The first-order valence-corrected chi connectivity index (χ1v) is 39.4. The lowest BCUT2D eigenvalue weighted by atomic mass is 10.0. The summed E-state index contributed by atoms with van der Waals surface area (Å²) >= 11 is 0. The maximum Gasteiger partial charge on any atom is 0.305 e. The first kappa shape index (κ1) is 84.8. The Labute approximate surface area is 544 Å². The summed E-state index contributed by atoms with van der Waals surface area (Å²) in [4.78, 5) is 24.7. The molecule has 2 atom stereocenters. The molecule has 0 spiro atoms. The molecule has 0 aromatic carbocycles. The van der Waals surface area contributed by atoms with Crippen LogP contribution in [0.25, 0.3) is 0 Å². The Morgan fingerprint density at radius 3 is 0.897 bits per heavy atom. The molecular formula is C81H153NO5. The molecule has 0 aliphatic rings. The highest BCUT2D eigenvalue weighted by atomic mass is 16.5. The summed E-state index contributed by atoms with van der Waals surface area (Å²) in [7, 11) is 0. The van der Waals surface area contributed by atoms with Crippen molar-refractivity contribution in [3.05, 3.63) is 48.6 Å². The van der Waals surface area contributed by atoms with Crippen molar-refractivity contribution in [1.29, 1.82) is 0 Å². The fourth-order valence-electron chi connectivity index (χ4n) is 12.3. The van der Waals surface area contributed by atoms with Crippen molar-refractivity contribution in [2.75, 3.05) is 13.2 Å². The van der Waals surface area contributed by atoms with Gasteiger partial charge < -0.3 is 20.3 Å². The predicted molar refractivity (Wildman–Crippen MR) is 384 cm³/mol. The minimum absolute atomic E-state index is 0.00798. The summed E-state index contributed by atoms with van der Waals surface area (Å²) < 4.78 is 5.50. The van der Waals surface area contributed by atoms with Crippen LogP contribution in [-0.2, 0) is 14.3 Å². The van der Waals surface area contributed by atoms with E-state index in [0.717, 1.165) is 51.4 Å². The molecule has 0 fully saturated rings. The topological polar surface area (TPSA) is 95.9 Å². The molecule has 0 saturated carbocycles. The summed E-state index contributed by atoms with van der Waals surface area (Å²) in [5, 5.41) is 23.3. The molecule has 0 aromatic heterocycles. The van der Waals surface area contributed by atoms with E-state index in [1.807, 2.05) is 6.08 Å². The molecule has 1 amide bonds. The molecule has 6 heteroatoms. The minimum Gasteiger partial charge on any atom is -0.466 e. The van der Waals surface area contributed by atoms with Gasteiger partial charge in [-0.2, -0.15) is 0 Å². The maximum absolute atomic E-state index is 12.6. The lowest BCUT2D eigenvalue weighted by molar-refractivity contribution is -0.143. The van der Waals surface area contributed by atoms with E-state index in [1.165, 1.54) is 353 Å². The Balaban J connectivity index is 3.41. The number of amides is 1. The minimum atomic E-state index is -0.848. The second-order valence-corrected chi connectivity index (χ2v) is 27.0. The van der Waals surface area contributed by atoms with E-state index in [-0.39, 0.29) is 18.5 Å². The zero-order valence-corrected chi connectivity index (χ0v) is 58.8. The van der Waals surface area contributed by atoms with Crippen LogP contribution in [-0.4, -0.2) is 47.4 Å². The lowest BCUT2D eigenvalue weighted by Crippen LogP contribution is -2.45. The van der Waals surface area contributed by atoms with E-state index in [9.17, 15) is 19.8 Å². The van der Waals surface area contributed by atoms with E-state index >= 15 is 0 Å². The number of unbranched alkanes of at least 4 members (excludes halogenated alkanes) is 57. The van der Waals surface area contributed by atoms with Gasteiger partial charge in [0.05, 0.1) is 25.4 Å². The quantitative estimate of drug-likeness (QED) is 0.0320. The molecule has 0 rings (SSSR count). The van der Waals surface area contributed by atoms with Crippen molar-refractivity contribution in [3.63, 3.8) is 0 Å². The molecule has 2 unspecified atom stereocenters. The predicted octanol–water partition coefficient (Wildman–Crippen LogP) is 26.0. The Hall–Kier alpha value is -2.18. The normalized spacial score (nSPS) is 12.7. The molecule has 512 valence electrons. The summed E-state index contributed by atoms with van der Waals surface area (Å²) in [5.74, 6) is -0.0564. The zero-order valence-electron chi connectivity index (χ0n) is 58.8. The Kier molecular flexibility index (Phi) is 74.4. The third kappa shape index (κ3) is 72.8. The van der Waals surface area contributed by atoms with E-state index in [1.54, 1.807) is 6.08 Å². The largest absolute Gasteiger partial charge is 0.466 e. The summed E-state index contributed by atoms with van der Waals surface area (Å²) in [6.45, 7) is 4.93. The van der Waals surface area contributed by atoms with Gasteiger partial charge in [-0.1, -0.05) is 377 Å². The van der Waals surface area contributed by atoms with Gasteiger partial charge in [0.25, 0.3) is 0 Å². The van der Waals surface area contributed by atoms with Gasteiger partial charge in [-0.3, -0.25) is 9.59 Å². The van der Waals surface area contributed by atoms with Crippen LogP contribution < -0.4 is 5.32 Å². The van der Waals surface area contributed by atoms with Gasteiger partial charge in [-0.05, 0) is 89.9 Å². The van der Waals surface area contributed by atoms with Gasteiger partial charge in [0.2, 0.25) is 5.91 Å². The van der Waals surface area contributed by atoms with E-state index in [4.69, 9.17) is 4.74 Å². The molecule has 3 N–H and O–H groups in total. The van der Waals surface area contributed by atoms with Gasteiger partial charge >= 0.3 is 5.97 Å². The second-order valence-electron chi connectivity index (χ2n) is 27.0. The highest BCUT2D eigenvalue weighted by Crippen LogP contribution is 2.19. The van der Waals surface area contributed by atoms with Crippen LogP contribution in [0.5, 0.6) is 0 Å². The summed E-state index contributed by atoms with van der Waals surface area (Å²) in [6.07, 6.45) is 101. The summed E-state index contributed by atoms with van der Waals surface area (Å²) in [5.41, 5.74) is 0. The number of carbonyl (C=O) groups excluding carboxylic acids is 2. The number of rotatable bonds is 74. The van der Waals surface area contributed by atoms with Crippen LogP contribution in [0.1, 0.15) is 431 Å². The number of esters is 1. The number of ether oxygens (including phenoxy) is 1. The standard InChI is InChI=1S/C81H153NO5/c1-3-5-7-9-11-13-15-17-19-21-23-24-25-29-32-35-38-41-45-49-53-57-61-65-69-73-79(84)78(77-83)82-80(85)74-70-66-62-58-54-50-46-42-39-36-33-30-27-26-28-31-34-37-40-44-48-52-56-60-64-68-72-76-87-81(86)75-71-67-63-59-55-51-47-43-22-20-18-16-14-12-10-8-6-4-2/h14,16,20,22,26-27,69,73,78-79,83-84H,3-13,15,17-19,21,23-25,28-68,70-72,74-77H2,1-2H3,(H,82,85)/b16-14-,22-20-,27-26-,73-69+. The molecule has 0 saturated heterocycles. The van der Waals surface area contributed by atoms with Gasteiger partial charge in [0, 0.05) is 12.8 Å².